The van der Waals surface area contributed by atoms with Crippen LogP contribution in [-0.4, -0.2) is 24.9 Å². The second-order valence-electron chi connectivity index (χ2n) is 5.29. The van der Waals surface area contributed by atoms with E-state index in [1.807, 2.05) is 67.6 Å². The number of rotatable bonds is 5. The summed E-state index contributed by atoms with van der Waals surface area (Å²) in [5, 5.41) is 0. The Bertz CT molecular complexity index is 365. The Labute approximate surface area is 169 Å². The molecule has 130 valence electrons. The summed E-state index contributed by atoms with van der Waals surface area (Å²) in [5.41, 5.74) is 0. The van der Waals surface area contributed by atoms with E-state index in [4.69, 9.17) is 9.16 Å². The molecule has 0 fully saturated rings. The van der Waals surface area contributed by atoms with Crippen molar-refractivity contribution in [3.8, 4) is 0 Å². The Morgan fingerprint density at radius 3 is 1.48 bits per heavy atom. The maximum Gasteiger partial charge on any atom is -0.172 e. The molecule has 0 aromatic heterocycles. The first-order valence-electron chi connectivity index (χ1n) is 7.07. The minimum atomic E-state index is -1.31. The van der Waals surface area contributed by atoms with Crippen molar-refractivity contribution in [1.82, 2.24) is 0 Å². The van der Waals surface area contributed by atoms with Crippen molar-refractivity contribution in [1.29, 1.82) is 0 Å². The number of hydrogen-bond acceptors (Lipinski definition) is 2. The van der Waals surface area contributed by atoms with Crippen LogP contribution in [0.5, 0.6) is 0 Å². The minimum absolute atomic E-state index is 0. The summed E-state index contributed by atoms with van der Waals surface area (Å²) in [6.07, 6.45) is 0. The fraction of sp³-hybridized carbons (Fsp3) is 0.353. The second-order valence-corrected chi connectivity index (χ2v) is 11.5. The zero-order valence-electron chi connectivity index (χ0n) is 14.3. The molecule has 0 spiro atoms. The van der Waals surface area contributed by atoms with E-state index >= 15 is 0 Å². The molecule has 2 aromatic carbocycles. The van der Waals surface area contributed by atoms with Crippen LogP contribution in [0.4, 0.5) is 0 Å². The van der Waals surface area contributed by atoms with E-state index in [0.717, 1.165) is 10.00 Å². The summed E-state index contributed by atoms with van der Waals surface area (Å²) in [4.78, 5) is 0. The third-order valence-corrected chi connectivity index (χ3v) is 3.47. The third kappa shape index (κ3) is 27.3. The fourth-order valence-corrected chi connectivity index (χ4v) is 2.13. The molecule has 0 saturated carbocycles. The van der Waals surface area contributed by atoms with Gasteiger partial charge in [-0.1, -0.05) is 0 Å². The van der Waals surface area contributed by atoms with Crippen LogP contribution < -0.4 is 24.8 Å². The van der Waals surface area contributed by atoms with E-state index in [1.54, 1.807) is 0 Å². The second kappa shape index (κ2) is 18.5. The van der Waals surface area contributed by atoms with Gasteiger partial charge < -0.3 is 24.8 Å². The standard InChI is InChI=1S/C7H16O2Si.2C5H5.2ClH.Zr/c1-5-8-6-7-9-10(2,3)4;2*1-2-4-5-3-1;;;/h6-7H2,1-4H3;2*1-5H;2*1H;/q;2*-1;;;+2/p-2. The zero-order valence-corrected chi connectivity index (χ0v) is 19.2. The Morgan fingerprint density at radius 1 is 0.870 bits per heavy atom. The molecule has 6 heteroatoms. The van der Waals surface area contributed by atoms with E-state index in [1.165, 1.54) is 24.2 Å². The summed E-state index contributed by atoms with van der Waals surface area (Å²) < 4.78 is 12.0. The van der Waals surface area contributed by atoms with E-state index in [2.05, 4.69) is 19.6 Å². The molecule has 0 atom stereocenters. The average molecular weight is 453 g/mol. The van der Waals surface area contributed by atoms with Gasteiger partial charge in [-0.05, 0) is 0 Å². The Morgan fingerprint density at radius 2 is 1.26 bits per heavy atom. The fourth-order valence-electron chi connectivity index (χ4n) is 1.18. The van der Waals surface area contributed by atoms with E-state index in [-0.39, 0.29) is 24.8 Å². The Hall–Kier alpha value is 0.170. The molecule has 0 aliphatic heterocycles. The molecule has 0 N–H and O–H groups in total. The van der Waals surface area contributed by atoms with Crippen LogP contribution in [0.3, 0.4) is 0 Å². The maximum absolute atomic E-state index is 5.59. The Balaban J connectivity index is -0.000000278. The molecule has 0 heterocycles. The van der Waals surface area contributed by atoms with Crippen LogP contribution >= 0.6 is 0 Å². The van der Waals surface area contributed by atoms with Gasteiger partial charge in [0.15, 0.2) is 0 Å². The molecule has 2 aromatic rings. The van der Waals surface area contributed by atoms with Crippen molar-refractivity contribution in [3.63, 3.8) is 0 Å². The smallest absolute Gasteiger partial charge is 0.172 e. The van der Waals surface area contributed by atoms with Gasteiger partial charge >= 0.3 is 84.9 Å². The molecule has 0 saturated heterocycles. The van der Waals surface area contributed by atoms with Crippen molar-refractivity contribution < 1.29 is 58.2 Å². The van der Waals surface area contributed by atoms with Crippen LogP contribution in [0, 0.1) is 0 Å². The van der Waals surface area contributed by atoms with E-state index in [0.29, 0.717) is 6.61 Å². The SMILES string of the molecule is C[C](=[Zr+2])OCCO[Si](C)(C)C.[Cl-].[Cl-].c1cc[cH-]c1.c1cc[cH-]c1. The van der Waals surface area contributed by atoms with Gasteiger partial charge in [0.05, 0.1) is 0 Å². The first-order valence-corrected chi connectivity index (χ1v) is 11.7. The number of ether oxygens (including phenoxy) is 1. The first-order chi connectivity index (χ1) is 9.92. The summed E-state index contributed by atoms with van der Waals surface area (Å²) >= 11 is 1.35. The van der Waals surface area contributed by atoms with Crippen LogP contribution in [0.2, 0.25) is 19.6 Å². The molecule has 0 amide bonds. The number of hydrogen-bond donors (Lipinski definition) is 0. The van der Waals surface area contributed by atoms with Gasteiger partial charge in [0.1, 0.15) is 0 Å². The summed E-state index contributed by atoms with van der Waals surface area (Å²) in [6.45, 7) is 9.99. The molecule has 0 aliphatic carbocycles. The van der Waals surface area contributed by atoms with Crippen LogP contribution in [0.1, 0.15) is 6.92 Å². The molecule has 2 rings (SSSR count). The largest absolute Gasteiger partial charge is 1.00 e. The molecule has 0 radical (unpaired) electrons. The van der Waals surface area contributed by atoms with Gasteiger partial charge in [-0.3, -0.25) is 0 Å². The number of halogens is 2. The third-order valence-electron chi connectivity index (χ3n) is 2.05. The Kier molecular flexibility index (Phi) is 22.5. The van der Waals surface area contributed by atoms with E-state index < -0.39 is 8.32 Å². The predicted molar refractivity (Wildman–Crippen MR) is 90.0 cm³/mol. The molecule has 23 heavy (non-hydrogen) atoms. The molecule has 0 unspecified atom stereocenters. The normalized spacial score (nSPS) is 9.13. The zero-order chi connectivity index (χ0) is 16.0. The summed E-state index contributed by atoms with van der Waals surface area (Å²) in [6, 6.07) is 20.0. The van der Waals surface area contributed by atoms with Gasteiger partial charge in [0.25, 0.3) is 0 Å². The summed E-state index contributed by atoms with van der Waals surface area (Å²) in [5.74, 6) is 0. The van der Waals surface area contributed by atoms with Crippen LogP contribution in [-0.2, 0) is 33.4 Å². The van der Waals surface area contributed by atoms with Crippen LogP contribution in [0.25, 0.3) is 0 Å². The monoisotopic (exact) mass is 450 g/mol. The average Bonchev–Trinajstić information content (AvgIpc) is 3.08. The quantitative estimate of drug-likeness (QED) is 0.308. The molecule has 0 aliphatic rings. The van der Waals surface area contributed by atoms with Gasteiger partial charge in [-0.15, -0.1) is 0 Å². The predicted octanol–water partition coefficient (Wildman–Crippen LogP) is -1.63. The van der Waals surface area contributed by atoms with Crippen LogP contribution in [0.15, 0.2) is 60.7 Å². The van der Waals surface area contributed by atoms with Crippen molar-refractivity contribution in [3.05, 3.63) is 60.7 Å². The van der Waals surface area contributed by atoms with Crippen molar-refractivity contribution >= 4 is 11.7 Å². The summed E-state index contributed by atoms with van der Waals surface area (Å²) in [7, 11) is -1.31. The van der Waals surface area contributed by atoms with Gasteiger partial charge in [-0.25, -0.2) is 24.3 Å². The molecule has 0 bridgehead atoms. The van der Waals surface area contributed by atoms with Gasteiger partial charge in [-0.2, -0.15) is 36.4 Å². The topological polar surface area (TPSA) is 18.5 Å². The van der Waals surface area contributed by atoms with E-state index in [9.17, 15) is 0 Å². The maximum atomic E-state index is 5.59. The molecular weight excluding hydrogens is 426 g/mol. The first kappa shape index (κ1) is 28.0. The van der Waals surface area contributed by atoms with Crippen molar-refractivity contribution in [2.45, 2.75) is 26.6 Å². The van der Waals surface area contributed by atoms with Crippen molar-refractivity contribution in [2.75, 3.05) is 13.2 Å². The van der Waals surface area contributed by atoms with Gasteiger partial charge in [0, 0.05) is 0 Å². The minimum Gasteiger partial charge on any atom is -1.00 e. The molecular formula is C17H26Cl2O2SiZr-2. The molecule has 2 nitrogen and oxygen atoms in total. The van der Waals surface area contributed by atoms with Gasteiger partial charge in [0.2, 0.25) is 0 Å². The van der Waals surface area contributed by atoms with Crippen molar-refractivity contribution in [2.24, 2.45) is 0 Å².